The lowest BCUT2D eigenvalue weighted by atomic mass is 10.1. The van der Waals surface area contributed by atoms with Crippen LogP contribution in [0.4, 0.5) is 5.69 Å². The first-order valence-electron chi connectivity index (χ1n) is 10.5. The zero-order valence-corrected chi connectivity index (χ0v) is 18.3. The van der Waals surface area contributed by atoms with E-state index in [1.807, 2.05) is 4.57 Å². The highest BCUT2D eigenvalue weighted by atomic mass is 16.2. The van der Waals surface area contributed by atoms with Crippen molar-refractivity contribution in [3.8, 4) is 0 Å². The van der Waals surface area contributed by atoms with Crippen molar-refractivity contribution in [1.29, 1.82) is 0 Å². The molecular weight excluding hydrogens is 380 g/mol. The second kappa shape index (κ2) is 8.10. The molecule has 3 heterocycles. The summed E-state index contributed by atoms with van der Waals surface area (Å²) in [6, 6.07) is 6.65. The highest BCUT2D eigenvalue weighted by molar-refractivity contribution is 5.69. The van der Waals surface area contributed by atoms with Crippen molar-refractivity contribution >= 4 is 16.9 Å². The molecule has 0 unspecified atom stereocenters. The quantitative estimate of drug-likeness (QED) is 0.634. The number of piperazine rings is 1. The Morgan fingerprint density at radius 3 is 2.43 bits per heavy atom. The van der Waals surface area contributed by atoms with Gasteiger partial charge in [-0.25, -0.2) is 9.78 Å². The molecule has 1 saturated heterocycles. The minimum absolute atomic E-state index is 0.285. The van der Waals surface area contributed by atoms with E-state index in [0.29, 0.717) is 17.7 Å². The summed E-state index contributed by atoms with van der Waals surface area (Å²) < 4.78 is 4.45. The monoisotopic (exact) mass is 410 g/mol. The van der Waals surface area contributed by atoms with Gasteiger partial charge in [-0.1, -0.05) is 12.1 Å². The molecule has 160 valence electrons. The number of nitrogens with zero attached hydrogens (tertiary/aromatic N) is 6. The lowest BCUT2D eigenvalue weighted by Gasteiger charge is -2.37. The second-order valence-corrected chi connectivity index (χ2v) is 8.29. The Balaban J connectivity index is 1.37. The fourth-order valence-corrected chi connectivity index (χ4v) is 4.30. The number of anilines is 1. The van der Waals surface area contributed by atoms with E-state index in [1.165, 1.54) is 28.4 Å². The van der Waals surface area contributed by atoms with Crippen LogP contribution in [0.15, 0.2) is 34.1 Å². The summed E-state index contributed by atoms with van der Waals surface area (Å²) >= 11 is 0. The summed E-state index contributed by atoms with van der Waals surface area (Å²) in [5.41, 5.74) is 4.30. The van der Waals surface area contributed by atoms with Crippen LogP contribution in [0.3, 0.4) is 0 Å². The van der Waals surface area contributed by atoms with Crippen LogP contribution in [0, 0.1) is 13.8 Å². The normalized spacial score (nSPS) is 15.3. The highest BCUT2D eigenvalue weighted by Crippen LogP contribution is 2.22. The lowest BCUT2D eigenvalue weighted by Crippen LogP contribution is -2.47. The molecule has 1 aliphatic heterocycles. The molecule has 0 spiro atoms. The molecular formula is C22H30N6O2. The average Bonchev–Trinajstić information content (AvgIpc) is 3.17. The minimum atomic E-state index is -0.348. The Morgan fingerprint density at radius 2 is 1.70 bits per heavy atom. The van der Waals surface area contributed by atoms with Crippen molar-refractivity contribution in [2.24, 2.45) is 14.1 Å². The van der Waals surface area contributed by atoms with Gasteiger partial charge in [0.05, 0.1) is 6.33 Å². The molecule has 3 aromatic rings. The predicted octanol–water partition coefficient (Wildman–Crippen LogP) is 1.26. The van der Waals surface area contributed by atoms with Crippen molar-refractivity contribution in [3.05, 3.63) is 56.5 Å². The Kier molecular flexibility index (Phi) is 5.51. The fraction of sp³-hybridized carbons (Fsp3) is 0.500. The van der Waals surface area contributed by atoms with Crippen LogP contribution in [0.5, 0.6) is 0 Å². The van der Waals surface area contributed by atoms with E-state index < -0.39 is 0 Å². The molecule has 2 aromatic heterocycles. The molecule has 4 rings (SSSR count). The van der Waals surface area contributed by atoms with Gasteiger partial charge in [0.2, 0.25) is 0 Å². The van der Waals surface area contributed by atoms with Gasteiger partial charge in [0.1, 0.15) is 0 Å². The Morgan fingerprint density at radius 1 is 0.967 bits per heavy atom. The van der Waals surface area contributed by atoms with Crippen LogP contribution in [0.2, 0.25) is 0 Å². The Labute approximate surface area is 176 Å². The summed E-state index contributed by atoms with van der Waals surface area (Å²) in [5, 5.41) is 0. The molecule has 8 heteroatoms. The van der Waals surface area contributed by atoms with Crippen LogP contribution < -0.4 is 16.1 Å². The summed E-state index contributed by atoms with van der Waals surface area (Å²) in [5.74, 6) is 0. The number of aromatic nitrogens is 4. The molecule has 0 saturated carbocycles. The minimum Gasteiger partial charge on any atom is -0.369 e. The summed E-state index contributed by atoms with van der Waals surface area (Å²) in [7, 11) is 3.16. The molecule has 1 aliphatic rings. The number of benzene rings is 1. The number of rotatable bonds is 5. The van der Waals surface area contributed by atoms with Crippen LogP contribution in [0.1, 0.15) is 17.5 Å². The van der Waals surface area contributed by atoms with Crippen molar-refractivity contribution in [2.45, 2.75) is 26.8 Å². The zero-order valence-electron chi connectivity index (χ0n) is 18.3. The van der Waals surface area contributed by atoms with E-state index in [4.69, 9.17) is 0 Å². The van der Waals surface area contributed by atoms with E-state index in [1.54, 1.807) is 13.4 Å². The average molecular weight is 411 g/mol. The number of hydrogen-bond donors (Lipinski definition) is 0. The number of hydrogen-bond acceptors (Lipinski definition) is 5. The first-order valence-corrected chi connectivity index (χ1v) is 10.5. The third-order valence-electron chi connectivity index (χ3n) is 6.17. The maximum absolute atomic E-state index is 12.5. The third-order valence-corrected chi connectivity index (χ3v) is 6.17. The zero-order chi connectivity index (χ0) is 21.4. The molecule has 0 N–H and O–H groups in total. The fourth-order valence-electron chi connectivity index (χ4n) is 4.30. The van der Waals surface area contributed by atoms with Gasteiger partial charge < -0.3 is 9.47 Å². The van der Waals surface area contributed by atoms with Crippen molar-refractivity contribution in [3.63, 3.8) is 0 Å². The van der Waals surface area contributed by atoms with Gasteiger partial charge >= 0.3 is 5.69 Å². The van der Waals surface area contributed by atoms with Gasteiger partial charge in [0.25, 0.3) is 5.56 Å². The third kappa shape index (κ3) is 3.67. The van der Waals surface area contributed by atoms with Gasteiger partial charge in [0.15, 0.2) is 11.2 Å². The number of aryl methyl sites for hydroxylation is 4. The molecule has 30 heavy (non-hydrogen) atoms. The second-order valence-electron chi connectivity index (χ2n) is 8.29. The molecule has 0 atom stereocenters. The first-order chi connectivity index (χ1) is 14.4. The molecule has 0 amide bonds. The maximum Gasteiger partial charge on any atom is 0.332 e. The topological polar surface area (TPSA) is 68.3 Å². The smallest absolute Gasteiger partial charge is 0.332 e. The standard InChI is InChI=1S/C22H30N6O2/c1-16-6-7-17(2)18(14-16)27-12-10-26(11-13-27)8-5-9-28-15-23-20-19(28)21(29)25(4)22(30)24(20)3/h6-7,14-15H,5,8-13H2,1-4H3. The van der Waals surface area contributed by atoms with Crippen LogP contribution in [-0.2, 0) is 20.6 Å². The molecule has 0 radical (unpaired) electrons. The van der Waals surface area contributed by atoms with E-state index in [2.05, 4.69) is 46.8 Å². The Hall–Kier alpha value is -2.87. The van der Waals surface area contributed by atoms with Crippen LogP contribution in [0.25, 0.3) is 11.2 Å². The summed E-state index contributed by atoms with van der Waals surface area (Å²) in [4.78, 5) is 33.9. The van der Waals surface area contributed by atoms with Gasteiger partial charge in [-0.05, 0) is 44.0 Å². The maximum atomic E-state index is 12.5. The summed E-state index contributed by atoms with van der Waals surface area (Å²) in [6.45, 7) is 10.1. The van der Waals surface area contributed by atoms with Gasteiger partial charge in [-0.2, -0.15) is 0 Å². The van der Waals surface area contributed by atoms with Gasteiger partial charge in [-0.15, -0.1) is 0 Å². The molecule has 1 aromatic carbocycles. The molecule has 0 bridgehead atoms. The Bertz CT molecular complexity index is 1180. The lowest BCUT2D eigenvalue weighted by molar-refractivity contribution is 0.250. The van der Waals surface area contributed by atoms with E-state index >= 15 is 0 Å². The largest absolute Gasteiger partial charge is 0.369 e. The molecule has 0 aliphatic carbocycles. The molecule has 1 fully saturated rings. The van der Waals surface area contributed by atoms with E-state index in [9.17, 15) is 9.59 Å². The number of fused-ring (bicyclic) bond motifs is 1. The summed E-state index contributed by atoms with van der Waals surface area (Å²) in [6.07, 6.45) is 2.60. The van der Waals surface area contributed by atoms with Gasteiger partial charge in [-0.3, -0.25) is 18.8 Å². The van der Waals surface area contributed by atoms with Crippen LogP contribution in [-0.4, -0.2) is 56.3 Å². The predicted molar refractivity (Wildman–Crippen MR) is 119 cm³/mol. The first kappa shape index (κ1) is 20.4. The van der Waals surface area contributed by atoms with Crippen molar-refractivity contribution < 1.29 is 0 Å². The van der Waals surface area contributed by atoms with E-state index in [0.717, 1.165) is 43.7 Å². The van der Waals surface area contributed by atoms with E-state index in [-0.39, 0.29) is 11.2 Å². The number of imidazole rings is 1. The van der Waals surface area contributed by atoms with Gasteiger partial charge in [0, 0.05) is 52.5 Å². The molecule has 8 nitrogen and oxygen atoms in total. The van der Waals surface area contributed by atoms with Crippen molar-refractivity contribution in [1.82, 2.24) is 23.6 Å². The highest BCUT2D eigenvalue weighted by Gasteiger charge is 2.19. The van der Waals surface area contributed by atoms with Crippen molar-refractivity contribution in [2.75, 3.05) is 37.6 Å². The van der Waals surface area contributed by atoms with Crippen LogP contribution >= 0.6 is 0 Å². The SMILES string of the molecule is Cc1ccc(C)c(N2CCN(CCCn3cnc4c3c(=O)n(C)c(=O)n4C)CC2)c1.